The number of hydrogen-bond acceptors (Lipinski definition) is 3. The van der Waals surface area contributed by atoms with Crippen molar-refractivity contribution in [3.05, 3.63) is 54.1 Å². The number of anilines is 1. The van der Waals surface area contributed by atoms with Crippen LogP contribution in [-0.2, 0) is 11.2 Å². The fourth-order valence-electron chi connectivity index (χ4n) is 2.20. The van der Waals surface area contributed by atoms with Gasteiger partial charge in [-0.15, -0.1) is 11.8 Å². The standard InChI is InChI=1S/C16H15NO2S.C2H6/c1-19-12-8-6-11(7-9-12)10-15-16(18)17-13-4-2-3-5-14(13)20-15;1-2/h2-9,15H,10H2,1H3,(H,17,18);1-2H3. The summed E-state index contributed by atoms with van der Waals surface area (Å²) >= 11 is 1.63. The second-order valence-corrected chi connectivity index (χ2v) is 5.89. The van der Waals surface area contributed by atoms with Crippen molar-refractivity contribution in [1.29, 1.82) is 0 Å². The van der Waals surface area contributed by atoms with Crippen molar-refractivity contribution < 1.29 is 9.53 Å². The molecule has 0 radical (unpaired) electrons. The number of benzene rings is 2. The Kier molecular flexibility index (Phi) is 5.90. The molecule has 0 aliphatic carbocycles. The van der Waals surface area contributed by atoms with Crippen molar-refractivity contribution in [1.82, 2.24) is 0 Å². The van der Waals surface area contributed by atoms with Crippen LogP contribution in [0.25, 0.3) is 0 Å². The highest BCUT2D eigenvalue weighted by molar-refractivity contribution is 8.01. The Hall–Kier alpha value is -1.94. The third-order valence-electron chi connectivity index (χ3n) is 3.29. The maximum atomic E-state index is 12.1. The van der Waals surface area contributed by atoms with E-state index in [2.05, 4.69) is 5.32 Å². The lowest BCUT2D eigenvalue weighted by molar-refractivity contribution is -0.115. The van der Waals surface area contributed by atoms with Crippen molar-refractivity contribution in [3.8, 4) is 5.75 Å². The van der Waals surface area contributed by atoms with Gasteiger partial charge in [-0.2, -0.15) is 0 Å². The zero-order valence-electron chi connectivity index (χ0n) is 13.1. The van der Waals surface area contributed by atoms with Crippen LogP contribution in [0.2, 0.25) is 0 Å². The molecular weight excluding hydrogens is 294 g/mol. The molecule has 4 heteroatoms. The molecule has 3 rings (SSSR count). The largest absolute Gasteiger partial charge is 0.497 e. The van der Waals surface area contributed by atoms with E-state index < -0.39 is 0 Å². The summed E-state index contributed by atoms with van der Waals surface area (Å²) in [5, 5.41) is 2.88. The van der Waals surface area contributed by atoms with Crippen LogP contribution in [0.4, 0.5) is 5.69 Å². The maximum absolute atomic E-state index is 12.1. The topological polar surface area (TPSA) is 38.3 Å². The van der Waals surface area contributed by atoms with E-state index in [1.807, 2.05) is 62.4 Å². The van der Waals surface area contributed by atoms with Crippen LogP contribution in [0.5, 0.6) is 5.75 Å². The number of hydrogen-bond donors (Lipinski definition) is 1. The SMILES string of the molecule is CC.COc1ccc(CC2Sc3ccccc3NC2=O)cc1. The molecule has 0 aromatic heterocycles. The van der Waals surface area contributed by atoms with Gasteiger partial charge in [0.05, 0.1) is 18.0 Å². The average Bonchev–Trinajstić information content (AvgIpc) is 2.58. The van der Waals surface area contributed by atoms with E-state index in [0.29, 0.717) is 0 Å². The molecule has 0 saturated heterocycles. The first-order chi connectivity index (χ1) is 10.8. The van der Waals surface area contributed by atoms with E-state index in [9.17, 15) is 4.79 Å². The van der Waals surface area contributed by atoms with E-state index in [-0.39, 0.29) is 11.2 Å². The van der Waals surface area contributed by atoms with Gasteiger partial charge in [0.1, 0.15) is 5.75 Å². The first-order valence-electron chi connectivity index (χ1n) is 7.46. The number of rotatable bonds is 3. The second-order valence-electron chi connectivity index (χ2n) is 4.64. The smallest absolute Gasteiger partial charge is 0.238 e. The molecule has 1 unspecified atom stereocenters. The van der Waals surface area contributed by atoms with Gasteiger partial charge < -0.3 is 10.1 Å². The van der Waals surface area contributed by atoms with Gasteiger partial charge in [-0.3, -0.25) is 4.79 Å². The Bertz CT molecular complexity index is 625. The van der Waals surface area contributed by atoms with Crippen LogP contribution < -0.4 is 10.1 Å². The van der Waals surface area contributed by atoms with Crippen LogP contribution in [0.1, 0.15) is 19.4 Å². The van der Waals surface area contributed by atoms with Crippen LogP contribution in [-0.4, -0.2) is 18.3 Å². The predicted molar refractivity (Wildman–Crippen MR) is 92.8 cm³/mol. The number of amides is 1. The van der Waals surface area contributed by atoms with Crippen LogP contribution in [0.3, 0.4) is 0 Å². The normalized spacial score (nSPS) is 16.0. The van der Waals surface area contributed by atoms with Gasteiger partial charge in [-0.25, -0.2) is 0 Å². The molecule has 0 saturated carbocycles. The first-order valence-corrected chi connectivity index (χ1v) is 8.34. The molecule has 1 atom stereocenters. The monoisotopic (exact) mass is 315 g/mol. The Morgan fingerprint density at radius 2 is 1.77 bits per heavy atom. The van der Waals surface area contributed by atoms with Gasteiger partial charge in [-0.05, 0) is 36.2 Å². The summed E-state index contributed by atoms with van der Waals surface area (Å²) in [5.74, 6) is 0.907. The number of ether oxygens (including phenoxy) is 1. The highest BCUT2D eigenvalue weighted by atomic mass is 32.2. The number of carbonyl (C=O) groups excluding carboxylic acids is 1. The molecule has 1 aliphatic rings. The van der Waals surface area contributed by atoms with Crippen molar-refractivity contribution >= 4 is 23.4 Å². The third-order valence-corrected chi connectivity index (χ3v) is 4.56. The van der Waals surface area contributed by atoms with E-state index in [1.165, 1.54) is 0 Å². The lowest BCUT2D eigenvalue weighted by Gasteiger charge is -2.24. The third kappa shape index (κ3) is 3.83. The predicted octanol–water partition coefficient (Wildman–Crippen LogP) is 4.38. The van der Waals surface area contributed by atoms with Gasteiger partial charge in [0.2, 0.25) is 5.91 Å². The van der Waals surface area contributed by atoms with Gasteiger partial charge in [0.15, 0.2) is 0 Å². The minimum Gasteiger partial charge on any atom is -0.497 e. The summed E-state index contributed by atoms with van der Waals surface area (Å²) in [6.45, 7) is 4.00. The Labute approximate surface area is 136 Å². The molecular formula is C18H21NO2S. The number of nitrogens with one attached hydrogen (secondary N) is 1. The fraction of sp³-hybridized carbons (Fsp3) is 0.278. The lowest BCUT2D eigenvalue weighted by Crippen LogP contribution is -2.30. The highest BCUT2D eigenvalue weighted by Gasteiger charge is 2.26. The number of thioether (sulfide) groups is 1. The molecule has 1 aliphatic heterocycles. The summed E-state index contributed by atoms with van der Waals surface area (Å²) < 4.78 is 5.14. The molecule has 22 heavy (non-hydrogen) atoms. The number of methoxy groups -OCH3 is 1. The zero-order valence-corrected chi connectivity index (χ0v) is 13.9. The fourth-order valence-corrected chi connectivity index (χ4v) is 3.35. The zero-order chi connectivity index (χ0) is 15.9. The van der Waals surface area contributed by atoms with Crippen molar-refractivity contribution in [3.63, 3.8) is 0 Å². The second kappa shape index (κ2) is 7.90. The maximum Gasteiger partial charge on any atom is 0.238 e. The molecule has 2 aromatic rings. The average molecular weight is 315 g/mol. The molecule has 0 bridgehead atoms. The molecule has 1 amide bonds. The molecule has 1 heterocycles. The van der Waals surface area contributed by atoms with Gasteiger partial charge >= 0.3 is 0 Å². The minimum absolute atomic E-state index is 0.0736. The first kappa shape index (κ1) is 16.4. The quantitative estimate of drug-likeness (QED) is 0.913. The molecule has 3 nitrogen and oxygen atoms in total. The van der Waals surface area contributed by atoms with E-state index >= 15 is 0 Å². The van der Waals surface area contributed by atoms with Gasteiger partial charge in [0.25, 0.3) is 0 Å². The molecule has 116 valence electrons. The van der Waals surface area contributed by atoms with Crippen molar-refractivity contribution in [2.75, 3.05) is 12.4 Å². The Balaban J connectivity index is 0.000000847. The number of carbonyl (C=O) groups is 1. The van der Waals surface area contributed by atoms with E-state index in [0.717, 1.165) is 28.3 Å². The van der Waals surface area contributed by atoms with Crippen molar-refractivity contribution in [2.45, 2.75) is 30.4 Å². The van der Waals surface area contributed by atoms with Crippen LogP contribution in [0, 0.1) is 0 Å². The van der Waals surface area contributed by atoms with E-state index in [1.54, 1.807) is 18.9 Å². The Morgan fingerprint density at radius 3 is 2.45 bits per heavy atom. The van der Waals surface area contributed by atoms with Gasteiger partial charge in [-0.1, -0.05) is 38.1 Å². The van der Waals surface area contributed by atoms with Gasteiger partial charge in [0, 0.05) is 4.90 Å². The van der Waals surface area contributed by atoms with Crippen LogP contribution >= 0.6 is 11.8 Å². The summed E-state index contributed by atoms with van der Waals surface area (Å²) in [5.41, 5.74) is 2.05. The number of para-hydroxylation sites is 1. The van der Waals surface area contributed by atoms with E-state index in [4.69, 9.17) is 4.74 Å². The number of fused-ring (bicyclic) bond motifs is 1. The summed E-state index contributed by atoms with van der Waals surface area (Å²) in [6.07, 6.45) is 0.717. The summed E-state index contributed by atoms with van der Waals surface area (Å²) in [6, 6.07) is 15.8. The lowest BCUT2D eigenvalue weighted by atomic mass is 10.1. The Morgan fingerprint density at radius 1 is 1.09 bits per heavy atom. The highest BCUT2D eigenvalue weighted by Crippen LogP contribution is 2.36. The minimum atomic E-state index is -0.0849. The molecule has 0 fully saturated rings. The molecule has 0 spiro atoms. The summed E-state index contributed by atoms with van der Waals surface area (Å²) in [7, 11) is 1.65. The summed E-state index contributed by atoms with van der Waals surface area (Å²) in [4.78, 5) is 13.3. The molecule has 1 N–H and O–H groups in total. The molecule has 2 aromatic carbocycles. The van der Waals surface area contributed by atoms with Crippen LogP contribution in [0.15, 0.2) is 53.4 Å². The van der Waals surface area contributed by atoms with Crippen molar-refractivity contribution in [2.24, 2.45) is 0 Å².